The SMILES string of the molecule is CCc1cc(C#N)c(OC(F)F)cc1N(C)c1cc2c(ncn2C)c(NC(=O)[C@H]2C[C@H]2F)n1. The number of benzene rings is 1. The number of carbonyl (C=O) groups excluding carboxylic acids is 1. The molecule has 33 heavy (non-hydrogen) atoms. The van der Waals surface area contributed by atoms with E-state index in [2.05, 4.69) is 20.0 Å². The summed E-state index contributed by atoms with van der Waals surface area (Å²) in [5.74, 6) is -0.858. The van der Waals surface area contributed by atoms with Gasteiger partial charge in [-0.2, -0.15) is 14.0 Å². The van der Waals surface area contributed by atoms with Crippen molar-refractivity contribution in [1.29, 1.82) is 5.26 Å². The Morgan fingerprint density at radius 2 is 2.15 bits per heavy atom. The van der Waals surface area contributed by atoms with Crippen LogP contribution in [0.1, 0.15) is 24.5 Å². The Balaban J connectivity index is 1.79. The van der Waals surface area contributed by atoms with E-state index < -0.39 is 24.6 Å². The van der Waals surface area contributed by atoms with E-state index in [1.54, 1.807) is 36.0 Å². The van der Waals surface area contributed by atoms with Crippen LogP contribution in [0.4, 0.5) is 30.5 Å². The molecule has 1 aliphatic carbocycles. The maximum Gasteiger partial charge on any atom is 0.387 e. The number of pyridine rings is 1. The molecule has 4 rings (SSSR count). The third-order valence-corrected chi connectivity index (χ3v) is 5.59. The molecule has 0 unspecified atom stereocenters. The molecule has 11 heteroatoms. The third-order valence-electron chi connectivity index (χ3n) is 5.59. The number of ether oxygens (including phenoxy) is 1. The molecular formula is C22H21F3N6O2. The molecule has 2 aromatic heterocycles. The van der Waals surface area contributed by atoms with Crippen molar-refractivity contribution in [2.45, 2.75) is 32.5 Å². The molecule has 0 aliphatic heterocycles. The topological polar surface area (TPSA) is 96.1 Å². The lowest BCUT2D eigenvalue weighted by atomic mass is 10.0. The lowest BCUT2D eigenvalue weighted by Gasteiger charge is -2.23. The minimum Gasteiger partial charge on any atom is -0.433 e. The lowest BCUT2D eigenvalue weighted by Crippen LogP contribution is -2.19. The Hall–Kier alpha value is -3.81. The molecule has 0 radical (unpaired) electrons. The number of hydrogen-bond donors (Lipinski definition) is 1. The Bertz CT molecular complexity index is 1270. The number of halogens is 3. The second-order valence-electron chi connectivity index (χ2n) is 7.78. The summed E-state index contributed by atoms with van der Waals surface area (Å²) in [5.41, 5.74) is 2.31. The quantitative estimate of drug-likeness (QED) is 0.574. The first-order valence-electron chi connectivity index (χ1n) is 10.3. The summed E-state index contributed by atoms with van der Waals surface area (Å²) in [5, 5.41) is 12.0. The summed E-state index contributed by atoms with van der Waals surface area (Å²) in [7, 11) is 3.46. The molecule has 0 spiro atoms. The molecule has 8 nitrogen and oxygen atoms in total. The van der Waals surface area contributed by atoms with Gasteiger partial charge >= 0.3 is 6.61 Å². The molecular weight excluding hydrogens is 437 g/mol. The van der Waals surface area contributed by atoms with Crippen LogP contribution in [0, 0.1) is 17.2 Å². The number of amides is 1. The zero-order valence-corrected chi connectivity index (χ0v) is 18.1. The van der Waals surface area contributed by atoms with Gasteiger partial charge in [-0.1, -0.05) is 6.92 Å². The number of nitriles is 1. The highest BCUT2D eigenvalue weighted by molar-refractivity contribution is 6.01. The average molecular weight is 458 g/mol. The number of nitrogens with zero attached hydrogens (tertiary/aromatic N) is 5. The number of rotatable bonds is 7. The fraction of sp³-hybridized carbons (Fsp3) is 0.364. The number of fused-ring (bicyclic) bond motifs is 1. The Labute approximate surface area is 187 Å². The van der Waals surface area contributed by atoms with E-state index in [1.165, 1.54) is 12.1 Å². The summed E-state index contributed by atoms with van der Waals surface area (Å²) in [6, 6.07) is 6.49. The molecule has 1 amide bonds. The maximum atomic E-state index is 13.4. The maximum absolute atomic E-state index is 13.4. The van der Waals surface area contributed by atoms with Gasteiger partial charge in [-0.25, -0.2) is 14.4 Å². The van der Waals surface area contributed by atoms with Crippen molar-refractivity contribution in [2.75, 3.05) is 17.3 Å². The van der Waals surface area contributed by atoms with Crippen LogP contribution in [0.2, 0.25) is 0 Å². The highest BCUT2D eigenvalue weighted by Crippen LogP contribution is 2.37. The molecule has 1 N–H and O–H groups in total. The van der Waals surface area contributed by atoms with Crippen molar-refractivity contribution in [2.24, 2.45) is 13.0 Å². The molecule has 1 saturated carbocycles. The van der Waals surface area contributed by atoms with Crippen molar-refractivity contribution in [3.05, 3.63) is 35.7 Å². The fourth-order valence-electron chi connectivity index (χ4n) is 3.63. The third kappa shape index (κ3) is 4.28. The van der Waals surface area contributed by atoms with Crippen molar-refractivity contribution in [1.82, 2.24) is 14.5 Å². The number of hydrogen-bond acceptors (Lipinski definition) is 6. The monoisotopic (exact) mass is 458 g/mol. The number of alkyl halides is 3. The van der Waals surface area contributed by atoms with Crippen LogP contribution in [0.3, 0.4) is 0 Å². The predicted molar refractivity (Wildman–Crippen MR) is 115 cm³/mol. The summed E-state index contributed by atoms with van der Waals surface area (Å²) in [6.07, 6.45) is 1.10. The van der Waals surface area contributed by atoms with Gasteiger partial charge in [-0.15, -0.1) is 0 Å². The first-order valence-corrected chi connectivity index (χ1v) is 10.3. The van der Waals surface area contributed by atoms with Crippen molar-refractivity contribution in [3.63, 3.8) is 0 Å². The number of aromatic nitrogens is 3. The van der Waals surface area contributed by atoms with Crippen LogP contribution in [0.5, 0.6) is 5.75 Å². The smallest absolute Gasteiger partial charge is 0.387 e. The van der Waals surface area contributed by atoms with Gasteiger partial charge in [0.2, 0.25) is 5.91 Å². The van der Waals surface area contributed by atoms with E-state index in [9.17, 15) is 23.2 Å². The molecule has 2 atom stereocenters. The molecule has 3 aromatic rings. The van der Waals surface area contributed by atoms with Crippen LogP contribution in [-0.4, -0.2) is 40.3 Å². The van der Waals surface area contributed by atoms with E-state index in [0.717, 1.165) is 0 Å². The van der Waals surface area contributed by atoms with Crippen LogP contribution < -0.4 is 15.0 Å². The van der Waals surface area contributed by atoms with Gasteiger partial charge in [0.25, 0.3) is 0 Å². The van der Waals surface area contributed by atoms with Crippen LogP contribution in [0.15, 0.2) is 24.5 Å². The highest BCUT2D eigenvalue weighted by atomic mass is 19.3. The van der Waals surface area contributed by atoms with Crippen LogP contribution in [-0.2, 0) is 18.3 Å². The van der Waals surface area contributed by atoms with Gasteiger partial charge in [-0.05, 0) is 24.5 Å². The molecule has 1 aliphatic rings. The second-order valence-corrected chi connectivity index (χ2v) is 7.78. The summed E-state index contributed by atoms with van der Waals surface area (Å²) in [4.78, 5) is 22.8. The number of aryl methyl sites for hydroxylation is 2. The van der Waals surface area contributed by atoms with Gasteiger partial charge in [0.15, 0.2) is 5.82 Å². The summed E-state index contributed by atoms with van der Waals surface area (Å²) in [6.45, 7) is -1.22. The highest BCUT2D eigenvalue weighted by Gasteiger charge is 2.44. The van der Waals surface area contributed by atoms with Crippen LogP contribution in [0.25, 0.3) is 11.0 Å². The van der Waals surface area contributed by atoms with Gasteiger partial charge in [-0.3, -0.25) is 4.79 Å². The van der Waals surface area contributed by atoms with Gasteiger partial charge in [0, 0.05) is 31.9 Å². The fourth-order valence-corrected chi connectivity index (χ4v) is 3.63. The standard InChI is InChI=1S/C22H21F3N6O2/c1-4-11-5-12(9-26)17(33-22(24)25)7-15(11)31(3)18-8-16-19(27-10-30(16)2)20(28-18)29-21(32)13-6-14(13)23/h5,7-8,10,13-14,22H,4,6H2,1-3H3,(H,28,29,32)/t13-,14+/m0/s1. The number of anilines is 3. The molecule has 1 aromatic carbocycles. The average Bonchev–Trinajstić information content (AvgIpc) is 3.41. The number of imidazole rings is 1. The predicted octanol–water partition coefficient (Wildman–Crippen LogP) is 4.07. The number of carbonyl (C=O) groups is 1. The Morgan fingerprint density at radius 1 is 1.42 bits per heavy atom. The van der Waals surface area contributed by atoms with E-state index >= 15 is 0 Å². The van der Waals surface area contributed by atoms with Gasteiger partial charge in [0.05, 0.1) is 23.3 Å². The van der Waals surface area contributed by atoms with Gasteiger partial charge in [0.1, 0.15) is 29.3 Å². The van der Waals surface area contributed by atoms with Crippen molar-refractivity contribution < 1.29 is 22.7 Å². The van der Waals surface area contributed by atoms with E-state index in [0.29, 0.717) is 34.5 Å². The Morgan fingerprint density at radius 3 is 2.76 bits per heavy atom. The largest absolute Gasteiger partial charge is 0.433 e. The van der Waals surface area contributed by atoms with Crippen LogP contribution >= 0.6 is 0 Å². The normalized spacial score (nSPS) is 17.2. The summed E-state index contributed by atoms with van der Waals surface area (Å²) >= 11 is 0. The van der Waals surface area contributed by atoms with E-state index in [1.807, 2.05) is 13.0 Å². The zero-order valence-electron chi connectivity index (χ0n) is 18.1. The second kappa shape index (κ2) is 8.61. The van der Waals surface area contributed by atoms with Gasteiger partial charge < -0.3 is 19.5 Å². The number of nitrogens with one attached hydrogen (secondary N) is 1. The molecule has 0 bridgehead atoms. The summed E-state index contributed by atoms with van der Waals surface area (Å²) < 4.78 is 45.4. The van der Waals surface area contributed by atoms with Crippen molar-refractivity contribution >= 4 is 34.3 Å². The zero-order chi connectivity index (χ0) is 23.9. The minimum absolute atomic E-state index is 0.00231. The Kier molecular flexibility index (Phi) is 5.84. The molecule has 0 saturated heterocycles. The van der Waals surface area contributed by atoms with E-state index in [-0.39, 0.29) is 23.6 Å². The minimum atomic E-state index is -3.09. The molecule has 172 valence electrons. The molecule has 2 heterocycles. The van der Waals surface area contributed by atoms with E-state index in [4.69, 9.17) is 0 Å². The lowest BCUT2D eigenvalue weighted by molar-refractivity contribution is -0.117. The van der Waals surface area contributed by atoms with Crippen molar-refractivity contribution in [3.8, 4) is 11.8 Å². The molecule has 1 fully saturated rings. The first kappa shape index (κ1) is 22.4. The first-order chi connectivity index (χ1) is 15.7.